The van der Waals surface area contributed by atoms with Gasteiger partial charge in [0.1, 0.15) is 0 Å². The summed E-state index contributed by atoms with van der Waals surface area (Å²) < 4.78 is 0. The number of hydrogen-bond donors (Lipinski definition) is 1. The highest BCUT2D eigenvalue weighted by Gasteiger charge is 2.31. The van der Waals surface area contributed by atoms with Gasteiger partial charge in [-0.25, -0.2) is 4.98 Å². The fourth-order valence-electron chi connectivity index (χ4n) is 3.95. The van der Waals surface area contributed by atoms with Gasteiger partial charge in [0, 0.05) is 37.0 Å². The third kappa shape index (κ3) is 5.08. The zero-order valence-electron chi connectivity index (χ0n) is 16.8. The smallest absolute Gasteiger partial charge is 0.228 e. The van der Waals surface area contributed by atoms with Gasteiger partial charge in [-0.1, -0.05) is 13.3 Å². The Bertz CT molecular complexity index is 673. The summed E-state index contributed by atoms with van der Waals surface area (Å²) in [7, 11) is 0. The number of amides is 2. The topological polar surface area (TPSA) is 65.5 Å². The van der Waals surface area contributed by atoms with Gasteiger partial charge < -0.3 is 5.32 Å². The minimum Gasteiger partial charge on any atom is -0.354 e. The van der Waals surface area contributed by atoms with E-state index in [4.69, 9.17) is 0 Å². The van der Waals surface area contributed by atoms with Crippen molar-refractivity contribution in [3.05, 3.63) is 11.1 Å². The molecule has 0 spiro atoms. The maximum Gasteiger partial charge on any atom is 0.228 e. The van der Waals surface area contributed by atoms with Gasteiger partial charge in [0.2, 0.25) is 11.8 Å². The van der Waals surface area contributed by atoms with Gasteiger partial charge in [-0.05, 0) is 45.6 Å². The molecular weight excluding hydrogens is 360 g/mol. The molecule has 3 rings (SSSR count). The van der Waals surface area contributed by atoms with E-state index in [9.17, 15) is 9.59 Å². The van der Waals surface area contributed by atoms with Crippen molar-refractivity contribution < 1.29 is 9.59 Å². The van der Waals surface area contributed by atoms with Crippen molar-refractivity contribution in [1.29, 1.82) is 0 Å². The molecule has 1 aromatic rings. The minimum absolute atomic E-state index is 0.00303. The van der Waals surface area contributed by atoms with Crippen LogP contribution in [0.3, 0.4) is 0 Å². The first-order chi connectivity index (χ1) is 12.9. The van der Waals surface area contributed by atoms with Gasteiger partial charge >= 0.3 is 0 Å². The fraction of sp³-hybridized carbons (Fsp3) is 0.750. The number of likely N-dealkylation sites (tertiary alicyclic amines) is 1. The van der Waals surface area contributed by atoms with Gasteiger partial charge in [-0.15, -0.1) is 11.3 Å². The molecule has 1 atom stereocenters. The van der Waals surface area contributed by atoms with Crippen LogP contribution < -0.4 is 10.2 Å². The van der Waals surface area contributed by atoms with Crippen molar-refractivity contribution >= 4 is 28.3 Å². The number of hydrogen-bond acceptors (Lipinski definition) is 5. The van der Waals surface area contributed by atoms with Gasteiger partial charge in [-0.2, -0.15) is 0 Å². The molecule has 1 unspecified atom stereocenters. The number of carbonyl (C=O) groups is 2. The zero-order chi connectivity index (χ0) is 19.4. The van der Waals surface area contributed by atoms with Crippen molar-refractivity contribution in [2.24, 2.45) is 5.92 Å². The average Bonchev–Trinajstić information content (AvgIpc) is 3.28. The molecule has 0 saturated carbocycles. The quantitative estimate of drug-likeness (QED) is 0.775. The van der Waals surface area contributed by atoms with Gasteiger partial charge in [0.05, 0.1) is 12.1 Å². The first-order valence-corrected chi connectivity index (χ1v) is 11.0. The molecule has 2 saturated heterocycles. The van der Waals surface area contributed by atoms with E-state index in [1.54, 1.807) is 4.90 Å². The molecule has 0 aromatic carbocycles. The summed E-state index contributed by atoms with van der Waals surface area (Å²) in [6.07, 6.45) is 5.54. The fourth-order valence-corrected chi connectivity index (χ4v) is 4.82. The molecule has 1 N–H and O–H groups in total. The second-order valence-electron chi connectivity index (χ2n) is 8.40. The lowest BCUT2D eigenvalue weighted by molar-refractivity contribution is -0.121. The number of nitrogens with one attached hydrogen (secondary N) is 1. The standard InChI is InChI=1S/C20H32N4O2S/c1-4-15-7-5-9-23(12-15)20(2,3)14-21-17(25)11-16-13-27-19(22-16)24-10-6-8-18(24)26/h13,15H,4-12,14H2,1-3H3,(H,21,25). The Morgan fingerprint density at radius 3 is 2.89 bits per heavy atom. The third-order valence-electron chi connectivity index (χ3n) is 5.86. The predicted molar refractivity (Wildman–Crippen MR) is 109 cm³/mol. The molecule has 2 fully saturated rings. The van der Waals surface area contributed by atoms with Crippen molar-refractivity contribution in [2.45, 2.75) is 64.8 Å². The summed E-state index contributed by atoms with van der Waals surface area (Å²) >= 11 is 1.45. The molecule has 0 aliphatic carbocycles. The molecular formula is C20H32N4O2S. The van der Waals surface area contributed by atoms with Crippen LogP contribution in [0.1, 0.15) is 58.6 Å². The maximum atomic E-state index is 12.4. The number of rotatable bonds is 7. The van der Waals surface area contributed by atoms with Crippen molar-refractivity contribution in [3.8, 4) is 0 Å². The summed E-state index contributed by atoms with van der Waals surface area (Å²) in [5, 5.41) is 5.71. The van der Waals surface area contributed by atoms with Crippen molar-refractivity contribution in [3.63, 3.8) is 0 Å². The zero-order valence-corrected chi connectivity index (χ0v) is 17.6. The highest BCUT2D eigenvalue weighted by atomic mass is 32.1. The Hall–Kier alpha value is -1.47. The molecule has 6 nitrogen and oxygen atoms in total. The van der Waals surface area contributed by atoms with Crippen LogP contribution in [-0.2, 0) is 16.0 Å². The summed E-state index contributed by atoms with van der Waals surface area (Å²) in [5.41, 5.74) is 0.702. The minimum atomic E-state index is -0.0430. The SMILES string of the molecule is CCC1CCCN(C(C)(C)CNC(=O)Cc2csc(N3CCCC3=O)n2)C1. The molecule has 7 heteroatoms. The van der Waals surface area contributed by atoms with E-state index in [2.05, 4.69) is 36.0 Å². The summed E-state index contributed by atoms with van der Waals surface area (Å²) in [5.74, 6) is 0.904. The number of aromatic nitrogens is 1. The summed E-state index contributed by atoms with van der Waals surface area (Å²) in [4.78, 5) is 33.0. The van der Waals surface area contributed by atoms with Crippen LogP contribution in [0, 0.1) is 5.92 Å². The van der Waals surface area contributed by atoms with E-state index in [1.165, 1.54) is 30.6 Å². The van der Waals surface area contributed by atoms with Gasteiger partial charge in [0.25, 0.3) is 0 Å². The highest BCUT2D eigenvalue weighted by Crippen LogP contribution is 2.26. The van der Waals surface area contributed by atoms with E-state index >= 15 is 0 Å². The van der Waals surface area contributed by atoms with E-state index < -0.39 is 0 Å². The maximum absolute atomic E-state index is 12.4. The van der Waals surface area contributed by atoms with E-state index in [0.717, 1.165) is 42.8 Å². The molecule has 2 aliphatic heterocycles. The molecule has 27 heavy (non-hydrogen) atoms. The van der Waals surface area contributed by atoms with Crippen LogP contribution in [0.4, 0.5) is 5.13 Å². The third-order valence-corrected chi connectivity index (χ3v) is 6.77. The number of anilines is 1. The monoisotopic (exact) mass is 392 g/mol. The average molecular weight is 393 g/mol. The second-order valence-corrected chi connectivity index (χ2v) is 9.24. The van der Waals surface area contributed by atoms with E-state index in [1.807, 2.05) is 5.38 Å². The van der Waals surface area contributed by atoms with Gasteiger partial charge in [-0.3, -0.25) is 19.4 Å². The van der Waals surface area contributed by atoms with E-state index in [-0.39, 0.29) is 23.8 Å². The molecule has 2 aliphatic rings. The molecule has 3 heterocycles. The molecule has 1 aromatic heterocycles. The van der Waals surface area contributed by atoms with Crippen LogP contribution in [0.25, 0.3) is 0 Å². The number of thiazole rings is 1. The summed E-state index contributed by atoms with van der Waals surface area (Å²) in [6.45, 7) is 10.3. The molecule has 2 amide bonds. The lowest BCUT2D eigenvalue weighted by Crippen LogP contribution is -2.55. The molecule has 150 valence electrons. The number of carbonyl (C=O) groups excluding carboxylic acids is 2. The van der Waals surface area contributed by atoms with Crippen molar-refractivity contribution in [1.82, 2.24) is 15.2 Å². The molecule has 0 bridgehead atoms. The largest absolute Gasteiger partial charge is 0.354 e. The van der Waals surface area contributed by atoms with Gasteiger partial charge in [0.15, 0.2) is 5.13 Å². The Balaban J connectivity index is 1.49. The Labute approximate surface area is 166 Å². The Morgan fingerprint density at radius 2 is 2.19 bits per heavy atom. The van der Waals surface area contributed by atoms with Crippen LogP contribution in [0.2, 0.25) is 0 Å². The molecule has 0 radical (unpaired) electrons. The lowest BCUT2D eigenvalue weighted by atomic mass is 9.91. The predicted octanol–water partition coefficient (Wildman–Crippen LogP) is 2.83. The van der Waals surface area contributed by atoms with Crippen LogP contribution in [-0.4, -0.2) is 53.4 Å². The van der Waals surface area contributed by atoms with E-state index in [0.29, 0.717) is 13.0 Å². The van der Waals surface area contributed by atoms with Crippen LogP contribution >= 0.6 is 11.3 Å². The van der Waals surface area contributed by atoms with Crippen molar-refractivity contribution in [2.75, 3.05) is 31.1 Å². The lowest BCUT2D eigenvalue weighted by Gasteiger charge is -2.43. The van der Waals surface area contributed by atoms with Crippen LogP contribution in [0.5, 0.6) is 0 Å². The second kappa shape index (κ2) is 8.69. The normalized spacial score (nSPS) is 21.7. The van der Waals surface area contributed by atoms with Crippen LogP contribution in [0.15, 0.2) is 5.38 Å². The number of piperidine rings is 1. The Morgan fingerprint density at radius 1 is 1.37 bits per heavy atom. The highest BCUT2D eigenvalue weighted by molar-refractivity contribution is 7.14. The first-order valence-electron chi connectivity index (χ1n) is 10.2. The first kappa shape index (κ1) is 20.3. The number of nitrogens with zero attached hydrogens (tertiary/aromatic N) is 3. The summed E-state index contributed by atoms with van der Waals surface area (Å²) in [6, 6.07) is 0. The Kier molecular flexibility index (Phi) is 6.52.